The van der Waals surface area contributed by atoms with E-state index in [1.165, 1.54) is 18.2 Å². The number of ether oxygens (including phenoxy) is 1. The van der Waals surface area contributed by atoms with Gasteiger partial charge in [0.25, 0.3) is 5.69 Å². The summed E-state index contributed by atoms with van der Waals surface area (Å²) >= 11 is 0. The number of nitro benzene ring substituents is 1. The highest BCUT2D eigenvalue weighted by molar-refractivity contribution is 5.38. The number of non-ortho nitro benzene ring substituents is 1. The summed E-state index contributed by atoms with van der Waals surface area (Å²) in [6, 6.07) is 8.78. The minimum absolute atomic E-state index is 0.0896. The van der Waals surface area contributed by atoms with Gasteiger partial charge >= 0.3 is 0 Å². The second-order valence-electron chi connectivity index (χ2n) is 4.05. The van der Waals surface area contributed by atoms with Crippen LogP contribution in [0.5, 0.6) is 5.75 Å². The molecule has 5 nitrogen and oxygen atoms in total. The van der Waals surface area contributed by atoms with Crippen molar-refractivity contribution in [1.82, 2.24) is 0 Å². The van der Waals surface area contributed by atoms with E-state index in [1.807, 2.05) is 0 Å². The van der Waals surface area contributed by atoms with Crippen molar-refractivity contribution in [3.63, 3.8) is 0 Å². The van der Waals surface area contributed by atoms with E-state index >= 15 is 0 Å². The zero-order chi connectivity index (χ0) is 15.4. The molecule has 2 rings (SSSR count). The number of nitriles is 1. The van der Waals surface area contributed by atoms with Gasteiger partial charge in [-0.1, -0.05) is 12.1 Å². The summed E-state index contributed by atoms with van der Waals surface area (Å²) in [5.74, 6) is -1.88. The molecule has 0 atom stereocenters. The lowest BCUT2D eigenvalue weighted by atomic mass is 10.1. The first-order chi connectivity index (χ1) is 10.0. The number of hydrogen-bond donors (Lipinski definition) is 0. The summed E-state index contributed by atoms with van der Waals surface area (Å²) < 4.78 is 32.4. The van der Waals surface area contributed by atoms with E-state index in [-0.39, 0.29) is 23.5 Å². The Labute approximate surface area is 118 Å². The van der Waals surface area contributed by atoms with E-state index in [9.17, 15) is 18.9 Å². The van der Waals surface area contributed by atoms with Crippen LogP contribution in [0.15, 0.2) is 36.4 Å². The first-order valence-corrected chi connectivity index (χ1v) is 5.77. The Hall–Kier alpha value is -3.01. The Morgan fingerprint density at radius 2 is 2.05 bits per heavy atom. The first kappa shape index (κ1) is 14.4. The van der Waals surface area contributed by atoms with Crippen LogP contribution in [0.2, 0.25) is 0 Å². The molecule has 0 unspecified atom stereocenters. The highest BCUT2D eigenvalue weighted by atomic mass is 19.1. The van der Waals surface area contributed by atoms with Gasteiger partial charge in [0.05, 0.1) is 16.6 Å². The highest BCUT2D eigenvalue weighted by Crippen LogP contribution is 2.24. The summed E-state index contributed by atoms with van der Waals surface area (Å²) in [4.78, 5) is 9.74. The van der Waals surface area contributed by atoms with E-state index in [0.717, 1.165) is 18.2 Å². The normalized spacial score (nSPS) is 9.95. The summed E-state index contributed by atoms with van der Waals surface area (Å²) in [6.45, 7) is -0.296. The molecule has 0 saturated heterocycles. The average Bonchev–Trinajstić information content (AvgIpc) is 2.47. The summed E-state index contributed by atoms with van der Waals surface area (Å²) in [6.07, 6.45) is 0. The standard InChI is InChI=1S/C14H8F2N2O3/c15-12-6-11(18(19)20)4-5-13(12)21-8-10-3-1-2-9(7-17)14(10)16/h1-6H,8H2. The molecule has 0 amide bonds. The van der Waals surface area contributed by atoms with Crippen LogP contribution >= 0.6 is 0 Å². The maximum atomic E-state index is 13.8. The molecule has 0 aromatic heterocycles. The number of nitro groups is 1. The van der Waals surface area contributed by atoms with Gasteiger partial charge in [0.2, 0.25) is 0 Å². The van der Waals surface area contributed by atoms with Crippen molar-refractivity contribution in [3.8, 4) is 11.8 Å². The molecule has 2 aromatic rings. The van der Waals surface area contributed by atoms with Gasteiger partial charge in [-0.05, 0) is 12.1 Å². The second kappa shape index (κ2) is 5.96. The minimum Gasteiger partial charge on any atom is -0.486 e. The van der Waals surface area contributed by atoms with Crippen LogP contribution in [-0.2, 0) is 6.61 Å². The lowest BCUT2D eigenvalue weighted by Gasteiger charge is -2.08. The van der Waals surface area contributed by atoms with Gasteiger partial charge < -0.3 is 4.74 Å². The Bertz CT molecular complexity index is 741. The Morgan fingerprint density at radius 1 is 1.29 bits per heavy atom. The molecule has 0 aliphatic heterocycles. The summed E-state index contributed by atoms with van der Waals surface area (Å²) in [5.41, 5.74) is -0.454. The van der Waals surface area contributed by atoms with Gasteiger partial charge in [-0.3, -0.25) is 10.1 Å². The molecule has 0 N–H and O–H groups in total. The average molecular weight is 290 g/mol. The Morgan fingerprint density at radius 3 is 2.67 bits per heavy atom. The van der Waals surface area contributed by atoms with Gasteiger partial charge in [-0.25, -0.2) is 8.78 Å². The second-order valence-corrected chi connectivity index (χ2v) is 4.05. The van der Waals surface area contributed by atoms with Crippen molar-refractivity contribution < 1.29 is 18.4 Å². The molecule has 7 heteroatoms. The zero-order valence-corrected chi connectivity index (χ0v) is 10.5. The van der Waals surface area contributed by atoms with E-state index in [4.69, 9.17) is 10.00 Å². The zero-order valence-electron chi connectivity index (χ0n) is 10.5. The molecular formula is C14H8F2N2O3. The molecular weight excluding hydrogens is 282 g/mol. The third-order valence-corrected chi connectivity index (χ3v) is 2.71. The van der Waals surface area contributed by atoms with Crippen LogP contribution in [0.4, 0.5) is 14.5 Å². The van der Waals surface area contributed by atoms with Gasteiger partial charge in [0.1, 0.15) is 18.5 Å². The first-order valence-electron chi connectivity index (χ1n) is 5.77. The van der Waals surface area contributed by atoms with Crippen LogP contribution < -0.4 is 4.74 Å². The summed E-state index contributed by atoms with van der Waals surface area (Å²) in [5, 5.41) is 19.2. The van der Waals surface area contributed by atoms with Gasteiger partial charge in [0.15, 0.2) is 11.6 Å². The van der Waals surface area contributed by atoms with Crippen molar-refractivity contribution in [2.45, 2.75) is 6.61 Å². The maximum Gasteiger partial charge on any atom is 0.272 e. The topological polar surface area (TPSA) is 76.2 Å². The van der Waals surface area contributed by atoms with Crippen LogP contribution in [0, 0.1) is 33.1 Å². The van der Waals surface area contributed by atoms with Crippen molar-refractivity contribution in [2.24, 2.45) is 0 Å². The smallest absolute Gasteiger partial charge is 0.272 e. The predicted molar refractivity (Wildman–Crippen MR) is 68.5 cm³/mol. The summed E-state index contributed by atoms with van der Waals surface area (Å²) in [7, 11) is 0. The fourth-order valence-electron chi connectivity index (χ4n) is 1.65. The minimum atomic E-state index is -0.916. The van der Waals surface area contributed by atoms with Crippen molar-refractivity contribution >= 4 is 5.69 Å². The van der Waals surface area contributed by atoms with E-state index in [1.54, 1.807) is 6.07 Å². The molecule has 0 bridgehead atoms. The van der Waals surface area contributed by atoms with E-state index in [0.29, 0.717) is 0 Å². The molecule has 0 saturated carbocycles. The Kier molecular flexibility index (Phi) is 4.09. The van der Waals surface area contributed by atoms with Crippen molar-refractivity contribution in [1.29, 1.82) is 5.26 Å². The highest BCUT2D eigenvalue weighted by Gasteiger charge is 2.13. The lowest BCUT2D eigenvalue weighted by molar-refractivity contribution is -0.385. The quantitative estimate of drug-likeness (QED) is 0.639. The number of rotatable bonds is 4. The fraction of sp³-hybridized carbons (Fsp3) is 0.0714. The lowest BCUT2D eigenvalue weighted by Crippen LogP contribution is -2.02. The largest absolute Gasteiger partial charge is 0.486 e. The number of halogens is 2. The molecule has 0 aliphatic rings. The number of benzene rings is 2. The molecule has 21 heavy (non-hydrogen) atoms. The van der Waals surface area contributed by atoms with Crippen LogP contribution in [-0.4, -0.2) is 4.92 Å². The van der Waals surface area contributed by atoms with Crippen molar-refractivity contribution in [2.75, 3.05) is 0 Å². The fourth-order valence-corrected chi connectivity index (χ4v) is 1.65. The molecule has 106 valence electrons. The molecule has 0 heterocycles. The van der Waals surface area contributed by atoms with Gasteiger partial charge in [-0.2, -0.15) is 5.26 Å². The monoisotopic (exact) mass is 290 g/mol. The third kappa shape index (κ3) is 3.12. The third-order valence-electron chi connectivity index (χ3n) is 2.71. The maximum absolute atomic E-state index is 13.8. The van der Waals surface area contributed by atoms with Crippen molar-refractivity contribution in [3.05, 3.63) is 69.3 Å². The number of hydrogen-bond acceptors (Lipinski definition) is 4. The van der Waals surface area contributed by atoms with Gasteiger partial charge in [-0.15, -0.1) is 0 Å². The molecule has 2 aromatic carbocycles. The van der Waals surface area contributed by atoms with Crippen LogP contribution in [0.1, 0.15) is 11.1 Å². The predicted octanol–water partition coefficient (Wildman–Crippen LogP) is 3.32. The SMILES string of the molecule is N#Cc1cccc(COc2ccc([N+](=O)[O-])cc2F)c1F. The molecule has 0 radical (unpaired) electrons. The number of nitrogens with zero attached hydrogens (tertiary/aromatic N) is 2. The molecule has 0 aliphatic carbocycles. The Balaban J connectivity index is 2.18. The molecule has 0 fully saturated rings. The van der Waals surface area contributed by atoms with Crippen LogP contribution in [0.3, 0.4) is 0 Å². The van der Waals surface area contributed by atoms with E-state index < -0.39 is 22.2 Å². The van der Waals surface area contributed by atoms with E-state index in [2.05, 4.69) is 0 Å². The van der Waals surface area contributed by atoms with Crippen LogP contribution in [0.25, 0.3) is 0 Å². The van der Waals surface area contributed by atoms with Gasteiger partial charge in [0, 0.05) is 11.6 Å². The molecule has 0 spiro atoms.